The molecule has 0 spiro atoms. The molecule has 1 aromatic heterocycles. The fourth-order valence-corrected chi connectivity index (χ4v) is 4.30. The summed E-state index contributed by atoms with van der Waals surface area (Å²) in [7, 11) is 0. The number of carbonyl (C=O) groups excluding carboxylic acids is 1. The van der Waals surface area contributed by atoms with Crippen molar-refractivity contribution in [2.75, 3.05) is 13.1 Å². The molecule has 150 valence electrons. The molecule has 1 aliphatic heterocycles. The average molecular weight is 401 g/mol. The zero-order valence-corrected chi connectivity index (χ0v) is 15.4. The minimum Gasteiger partial charge on any atom is -0.490 e. The highest BCUT2D eigenvalue weighted by Gasteiger charge is 2.43. The van der Waals surface area contributed by atoms with E-state index in [4.69, 9.17) is 10.00 Å². The van der Waals surface area contributed by atoms with E-state index in [1.165, 1.54) is 6.07 Å². The van der Waals surface area contributed by atoms with E-state index in [9.17, 15) is 18.0 Å². The second-order valence-electron chi connectivity index (χ2n) is 7.50. The molecule has 1 saturated carbocycles. The van der Waals surface area contributed by atoms with Crippen LogP contribution in [0.3, 0.4) is 0 Å². The van der Waals surface area contributed by atoms with Crippen molar-refractivity contribution in [3.8, 4) is 11.8 Å². The van der Waals surface area contributed by atoms with Gasteiger partial charge >= 0.3 is 6.18 Å². The van der Waals surface area contributed by atoms with E-state index in [1.807, 2.05) is 4.90 Å². The Bertz CT molecular complexity index is 942. The lowest BCUT2D eigenvalue weighted by Gasteiger charge is -2.20. The largest absolute Gasteiger partial charge is 0.490 e. The third kappa shape index (κ3) is 3.90. The third-order valence-electron chi connectivity index (χ3n) is 5.62. The number of alkyl halides is 3. The van der Waals surface area contributed by atoms with Gasteiger partial charge in [-0.3, -0.25) is 9.78 Å². The first-order chi connectivity index (χ1) is 13.8. The molecule has 0 bridgehead atoms. The fraction of sp³-hybridized carbons (Fsp3) is 0.381. The Kier molecular flexibility index (Phi) is 4.91. The van der Waals surface area contributed by atoms with Crippen LogP contribution in [0.2, 0.25) is 0 Å². The van der Waals surface area contributed by atoms with Gasteiger partial charge in [0.15, 0.2) is 0 Å². The molecular formula is C21H18F3N3O2. The van der Waals surface area contributed by atoms with Crippen molar-refractivity contribution in [3.05, 3.63) is 59.4 Å². The number of amides is 1. The standard InChI is InChI=1S/C21H18F3N3O2/c22-21(23,24)19-8-17(4-3-13(19)9-25)29-18-6-15-11-27(12-16(15)7-18)20(28)14-2-1-5-26-10-14/h1-5,8,10,15-16,18H,6-7,11-12H2. The zero-order valence-electron chi connectivity index (χ0n) is 15.4. The lowest BCUT2D eigenvalue weighted by Crippen LogP contribution is -2.30. The summed E-state index contributed by atoms with van der Waals surface area (Å²) >= 11 is 0. The number of fused-ring (bicyclic) bond motifs is 1. The Hall–Kier alpha value is -3.08. The molecule has 4 rings (SSSR count). The van der Waals surface area contributed by atoms with Crippen LogP contribution in [0.5, 0.6) is 5.75 Å². The first-order valence-electron chi connectivity index (χ1n) is 9.32. The van der Waals surface area contributed by atoms with Gasteiger partial charge in [-0.05, 0) is 55.0 Å². The summed E-state index contributed by atoms with van der Waals surface area (Å²) in [5, 5.41) is 8.89. The summed E-state index contributed by atoms with van der Waals surface area (Å²) in [6.45, 7) is 1.22. The first-order valence-corrected chi connectivity index (χ1v) is 9.32. The van der Waals surface area contributed by atoms with Gasteiger partial charge in [-0.2, -0.15) is 18.4 Å². The number of halogens is 3. The molecule has 8 heteroatoms. The third-order valence-corrected chi connectivity index (χ3v) is 5.62. The van der Waals surface area contributed by atoms with Crippen LogP contribution in [0.4, 0.5) is 13.2 Å². The highest BCUT2D eigenvalue weighted by molar-refractivity contribution is 5.94. The Labute approximate surface area is 165 Å². The van der Waals surface area contributed by atoms with Crippen LogP contribution in [0.1, 0.15) is 34.3 Å². The van der Waals surface area contributed by atoms with E-state index in [1.54, 1.807) is 30.6 Å². The predicted molar refractivity (Wildman–Crippen MR) is 96.9 cm³/mol. The van der Waals surface area contributed by atoms with Crippen molar-refractivity contribution in [1.82, 2.24) is 9.88 Å². The first kappa shape index (κ1) is 19.2. The summed E-state index contributed by atoms with van der Waals surface area (Å²) < 4.78 is 45.2. The maximum Gasteiger partial charge on any atom is 0.417 e. The predicted octanol–water partition coefficient (Wildman–Crippen LogP) is 3.90. The van der Waals surface area contributed by atoms with Crippen LogP contribution in [-0.2, 0) is 6.18 Å². The zero-order chi connectivity index (χ0) is 20.6. The molecule has 29 heavy (non-hydrogen) atoms. The maximum atomic E-state index is 13.1. The number of ether oxygens (including phenoxy) is 1. The average Bonchev–Trinajstić information content (AvgIpc) is 3.26. The van der Waals surface area contributed by atoms with Crippen molar-refractivity contribution in [2.24, 2.45) is 11.8 Å². The van der Waals surface area contributed by atoms with Crippen molar-refractivity contribution in [1.29, 1.82) is 5.26 Å². The van der Waals surface area contributed by atoms with Crippen LogP contribution < -0.4 is 4.74 Å². The van der Waals surface area contributed by atoms with Crippen LogP contribution in [0, 0.1) is 23.2 Å². The number of carbonyl (C=O) groups is 1. The molecule has 1 saturated heterocycles. The molecule has 2 aromatic rings. The molecule has 1 aromatic carbocycles. The Morgan fingerprint density at radius 3 is 2.52 bits per heavy atom. The van der Waals surface area contributed by atoms with Crippen molar-refractivity contribution in [2.45, 2.75) is 25.1 Å². The smallest absolute Gasteiger partial charge is 0.417 e. The van der Waals surface area contributed by atoms with Gasteiger partial charge in [0.05, 0.1) is 28.9 Å². The van der Waals surface area contributed by atoms with Gasteiger partial charge in [-0.25, -0.2) is 0 Å². The summed E-state index contributed by atoms with van der Waals surface area (Å²) in [5.74, 6) is 0.596. The fourth-order valence-electron chi connectivity index (χ4n) is 4.30. The van der Waals surface area contributed by atoms with Gasteiger partial charge in [0.1, 0.15) is 5.75 Å². The van der Waals surface area contributed by atoms with Crippen molar-refractivity contribution >= 4 is 5.91 Å². The van der Waals surface area contributed by atoms with Crippen LogP contribution >= 0.6 is 0 Å². The molecule has 2 fully saturated rings. The van der Waals surface area contributed by atoms with Crippen LogP contribution in [-0.4, -0.2) is 35.0 Å². The van der Waals surface area contributed by atoms with Gasteiger partial charge in [0, 0.05) is 25.5 Å². The summed E-state index contributed by atoms with van der Waals surface area (Å²) in [6.07, 6.45) is -0.277. The lowest BCUT2D eigenvalue weighted by atomic mass is 10.0. The second kappa shape index (κ2) is 7.39. The van der Waals surface area contributed by atoms with E-state index in [2.05, 4.69) is 4.98 Å². The number of hydrogen-bond donors (Lipinski definition) is 0. The minimum absolute atomic E-state index is 0.0492. The molecule has 2 atom stereocenters. The molecule has 1 aliphatic carbocycles. The molecule has 2 unspecified atom stereocenters. The lowest BCUT2D eigenvalue weighted by molar-refractivity contribution is -0.137. The van der Waals surface area contributed by atoms with Gasteiger partial charge in [0.2, 0.25) is 0 Å². The number of nitriles is 1. The SMILES string of the molecule is N#Cc1ccc(OC2CC3CN(C(=O)c4cccnc4)CC3C2)cc1C(F)(F)F. The maximum absolute atomic E-state index is 13.1. The number of hydrogen-bond acceptors (Lipinski definition) is 4. The number of rotatable bonds is 3. The number of likely N-dealkylation sites (tertiary alicyclic amines) is 1. The monoisotopic (exact) mass is 401 g/mol. The number of pyridine rings is 1. The van der Waals surface area contributed by atoms with E-state index in [-0.39, 0.29) is 29.6 Å². The van der Waals surface area contributed by atoms with E-state index < -0.39 is 17.3 Å². The van der Waals surface area contributed by atoms with Gasteiger partial charge in [0.25, 0.3) is 5.91 Å². The van der Waals surface area contributed by atoms with E-state index >= 15 is 0 Å². The molecular weight excluding hydrogens is 383 g/mol. The van der Waals surface area contributed by atoms with Crippen molar-refractivity contribution in [3.63, 3.8) is 0 Å². The molecule has 2 heterocycles. The molecule has 0 N–H and O–H groups in total. The molecule has 5 nitrogen and oxygen atoms in total. The van der Waals surface area contributed by atoms with Crippen LogP contribution in [0.15, 0.2) is 42.7 Å². The van der Waals surface area contributed by atoms with Gasteiger partial charge in [-0.15, -0.1) is 0 Å². The topological polar surface area (TPSA) is 66.2 Å². The normalized spacial score (nSPS) is 23.5. The number of aromatic nitrogens is 1. The molecule has 1 amide bonds. The molecule has 2 aliphatic rings. The highest BCUT2D eigenvalue weighted by Crippen LogP contribution is 2.41. The van der Waals surface area contributed by atoms with Crippen LogP contribution in [0.25, 0.3) is 0 Å². The Morgan fingerprint density at radius 1 is 1.21 bits per heavy atom. The summed E-state index contributed by atoms with van der Waals surface area (Å²) in [4.78, 5) is 18.4. The number of benzene rings is 1. The summed E-state index contributed by atoms with van der Waals surface area (Å²) in [5.41, 5.74) is -0.848. The van der Waals surface area contributed by atoms with Gasteiger partial charge < -0.3 is 9.64 Å². The Balaban J connectivity index is 1.39. The molecule has 0 radical (unpaired) electrons. The Morgan fingerprint density at radius 2 is 1.93 bits per heavy atom. The van der Waals surface area contributed by atoms with E-state index in [0.717, 1.165) is 12.1 Å². The van der Waals surface area contributed by atoms with Gasteiger partial charge in [-0.1, -0.05) is 0 Å². The highest BCUT2D eigenvalue weighted by atomic mass is 19.4. The number of nitrogens with zero attached hydrogens (tertiary/aromatic N) is 3. The minimum atomic E-state index is -4.61. The summed E-state index contributed by atoms with van der Waals surface area (Å²) in [6, 6.07) is 8.46. The quantitative estimate of drug-likeness (QED) is 0.782. The second-order valence-corrected chi connectivity index (χ2v) is 7.50. The van der Waals surface area contributed by atoms with Crippen molar-refractivity contribution < 1.29 is 22.7 Å². The van der Waals surface area contributed by atoms with E-state index in [0.29, 0.717) is 31.5 Å².